The van der Waals surface area contributed by atoms with Gasteiger partial charge in [-0.1, -0.05) is 61.5 Å². The molecule has 0 aliphatic carbocycles. The minimum atomic E-state index is 0.370. The maximum Gasteiger partial charge on any atom is 0.113 e. The Morgan fingerprint density at radius 3 is 1.78 bits per heavy atom. The van der Waals surface area contributed by atoms with E-state index in [0.717, 1.165) is 16.7 Å². The van der Waals surface area contributed by atoms with Gasteiger partial charge in [-0.3, -0.25) is 0 Å². The van der Waals surface area contributed by atoms with Crippen molar-refractivity contribution in [3.05, 3.63) is 90.0 Å². The minimum absolute atomic E-state index is 0.370. The monoisotopic (exact) mass is 299 g/mol. The zero-order valence-corrected chi connectivity index (χ0v) is 12.9. The third kappa shape index (κ3) is 2.61. The van der Waals surface area contributed by atoms with E-state index >= 15 is 0 Å². The molecule has 0 spiro atoms. The molecule has 1 unspecified atom stereocenters. The van der Waals surface area contributed by atoms with Crippen molar-refractivity contribution in [2.45, 2.75) is 12.8 Å². The van der Waals surface area contributed by atoms with E-state index in [2.05, 4.69) is 65.7 Å². The number of aromatic nitrogens is 3. The summed E-state index contributed by atoms with van der Waals surface area (Å²) in [5.74, 6) is 0.370. The van der Waals surface area contributed by atoms with Gasteiger partial charge in [0.05, 0.1) is 5.69 Å². The van der Waals surface area contributed by atoms with Crippen LogP contribution in [0.2, 0.25) is 0 Å². The van der Waals surface area contributed by atoms with Crippen LogP contribution in [0.15, 0.2) is 78.9 Å². The topological polar surface area (TPSA) is 30.7 Å². The van der Waals surface area contributed by atoms with Crippen LogP contribution in [0.1, 0.15) is 24.0 Å². The molecule has 4 aromatic rings. The second-order valence-corrected chi connectivity index (χ2v) is 5.70. The summed E-state index contributed by atoms with van der Waals surface area (Å²) in [4.78, 5) is 1.70. The van der Waals surface area contributed by atoms with Gasteiger partial charge in [0.2, 0.25) is 0 Å². The summed E-state index contributed by atoms with van der Waals surface area (Å²) < 4.78 is 0. The lowest BCUT2D eigenvalue weighted by Crippen LogP contribution is -2.00. The van der Waals surface area contributed by atoms with Crippen molar-refractivity contribution in [3.63, 3.8) is 0 Å². The summed E-state index contributed by atoms with van der Waals surface area (Å²) in [6.45, 7) is 2.23. The van der Waals surface area contributed by atoms with Crippen molar-refractivity contribution in [3.8, 4) is 5.69 Å². The Balaban J connectivity index is 1.65. The second-order valence-electron chi connectivity index (χ2n) is 5.70. The van der Waals surface area contributed by atoms with Crippen LogP contribution in [0.4, 0.5) is 0 Å². The first-order valence-electron chi connectivity index (χ1n) is 7.78. The number of fused-ring (bicyclic) bond motifs is 1. The van der Waals surface area contributed by atoms with E-state index in [1.54, 1.807) is 4.80 Å². The Labute approximate surface area is 135 Å². The maximum absolute atomic E-state index is 4.52. The fourth-order valence-corrected chi connectivity index (χ4v) is 2.81. The highest BCUT2D eigenvalue weighted by Gasteiger charge is 2.09. The van der Waals surface area contributed by atoms with Gasteiger partial charge in [-0.25, -0.2) is 0 Å². The number of hydrogen-bond acceptors (Lipinski definition) is 2. The van der Waals surface area contributed by atoms with Crippen LogP contribution in [0.3, 0.4) is 0 Å². The molecule has 0 amide bonds. The van der Waals surface area contributed by atoms with Crippen LogP contribution in [0.5, 0.6) is 0 Å². The van der Waals surface area contributed by atoms with Gasteiger partial charge in [-0.15, -0.1) is 10.2 Å². The minimum Gasteiger partial charge on any atom is -0.150 e. The van der Waals surface area contributed by atoms with Crippen molar-refractivity contribution in [1.82, 2.24) is 15.0 Å². The lowest BCUT2D eigenvalue weighted by Gasteiger charge is -2.12. The zero-order valence-electron chi connectivity index (χ0n) is 12.9. The van der Waals surface area contributed by atoms with Gasteiger partial charge in [0, 0.05) is 5.92 Å². The SMILES string of the molecule is CC(c1ccccc1)c1ccc(-n2nc3ccccc3n2)cc1. The lowest BCUT2D eigenvalue weighted by atomic mass is 9.93. The largest absolute Gasteiger partial charge is 0.150 e. The average Bonchev–Trinajstić information content (AvgIpc) is 3.06. The molecular weight excluding hydrogens is 282 g/mol. The van der Waals surface area contributed by atoms with Crippen LogP contribution in [-0.2, 0) is 0 Å². The number of benzene rings is 3. The van der Waals surface area contributed by atoms with Crippen molar-refractivity contribution in [2.24, 2.45) is 0 Å². The van der Waals surface area contributed by atoms with Crippen molar-refractivity contribution in [1.29, 1.82) is 0 Å². The molecule has 3 aromatic carbocycles. The van der Waals surface area contributed by atoms with Gasteiger partial charge in [-0.05, 0) is 35.4 Å². The van der Waals surface area contributed by atoms with Crippen LogP contribution in [-0.4, -0.2) is 15.0 Å². The van der Waals surface area contributed by atoms with Crippen LogP contribution < -0.4 is 0 Å². The van der Waals surface area contributed by atoms with E-state index in [1.165, 1.54) is 11.1 Å². The normalized spacial score (nSPS) is 12.4. The van der Waals surface area contributed by atoms with E-state index in [9.17, 15) is 0 Å². The van der Waals surface area contributed by atoms with E-state index in [1.807, 2.05) is 30.3 Å². The van der Waals surface area contributed by atoms with Crippen LogP contribution >= 0.6 is 0 Å². The van der Waals surface area contributed by atoms with Gasteiger partial charge in [0.15, 0.2) is 0 Å². The highest BCUT2D eigenvalue weighted by atomic mass is 15.5. The molecule has 0 fully saturated rings. The molecule has 23 heavy (non-hydrogen) atoms. The maximum atomic E-state index is 4.52. The molecule has 1 heterocycles. The first kappa shape index (κ1) is 13.7. The fourth-order valence-electron chi connectivity index (χ4n) is 2.81. The first-order valence-corrected chi connectivity index (χ1v) is 7.78. The van der Waals surface area contributed by atoms with Gasteiger partial charge >= 0.3 is 0 Å². The van der Waals surface area contributed by atoms with E-state index in [0.29, 0.717) is 5.92 Å². The molecule has 3 heteroatoms. The summed E-state index contributed by atoms with van der Waals surface area (Å²) in [5, 5.41) is 9.04. The summed E-state index contributed by atoms with van der Waals surface area (Å²) >= 11 is 0. The molecule has 0 bridgehead atoms. The highest BCUT2D eigenvalue weighted by molar-refractivity contribution is 5.73. The molecule has 0 saturated carbocycles. The van der Waals surface area contributed by atoms with E-state index in [-0.39, 0.29) is 0 Å². The van der Waals surface area contributed by atoms with Crippen LogP contribution in [0.25, 0.3) is 16.7 Å². The van der Waals surface area contributed by atoms with Gasteiger partial charge in [0.25, 0.3) is 0 Å². The van der Waals surface area contributed by atoms with Crippen molar-refractivity contribution < 1.29 is 0 Å². The molecule has 0 aliphatic heterocycles. The second kappa shape index (κ2) is 5.69. The molecule has 1 aromatic heterocycles. The van der Waals surface area contributed by atoms with Crippen molar-refractivity contribution in [2.75, 3.05) is 0 Å². The fraction of sp³-hybridized carbons (Fsp3) is 0.100. The summed E-state index contributed by atoms with van der Waals surface area (Å²) in [5.41, 5.74) is 5.41. The number of hydrogen-bond donors (Lipinski definition) is 0. The van der Waals surface area contributed by atoms with E-state index < -0.39 is 0 Å². The first-order chi connectivity index (χ1) is 11.3. The molecule has 1 atom stereocenters. The molecule has 3 nitrogen and oxygen atoms in total. The molecule has 0 aliphatic rings. The Kier molecular flexibility index (Phi) is 3.39. The zero-order chi connectivity index (χ0) is 15.6. The number of rotatable bonds is 3. The third-order valence-electron chi connectivity index (χ3n) is 4.21. The Morgan fingerprint density at radius 1 is 0.652 bits per heavy atom. The standard InChI is InChI=1S/C20H17N3/c1-15(16-7-3-2-4-8-16)17-11-13-18(14-12-17)23-21-19-9-5-6-10-20(19)22-23/h2-15H,1H3. The van der Waals surface area contributed by atoms with Crippen molar-refractivity contribution >= 4 is 11.0 Å². The summed E-state index contributed by atoms with van der Waals surface area (Å²) in [6.07, 6.45) is 0. The summed E-state index contributed by atoms with van der Waals surface area (Å²) in [6, 6.07) is 26.9. The van der Waals surface area contributed by atoms with Gasteiger partial charge in [0.1, 0.15) is 11.0 Å². The Bertz CT molecular complexity index is 891. The molecule has 112 valence electrons. The smallest absolute Gasteiger partial charge is 0.113 e. The molecule has 0 saturated heterocycles. The Morgan fingerprint density at radius 2 is 1.17 bits per heavy atom. The van der Waals surface area contributed by atoms with E-state index in [4.69, 9.17) is 0 Å². The predicted molar refractivity (Wildman–Crippen MR) is 92.8 cm³/mol. The average molecular weight is 299 g/mol. The third-order valence-corrected chi connectivity index (χ3v) is 4.21. The molecular formula is C20H17N3. The number of nitrogens with zero attached hydrogens (tertiary/aromatic N) is 3. The molecule has 0 radical (unpaired) electrons. The van der Waals surface area contributed by atoms with Crippen LogP contribution in [0, 0.1) is 0 Å². The summed E-state index contributed by atoms with van der Waals surface area (Å²) in [7, 11) is 0. The highest BCUT2D eigenvalue weighted by Crippen LogP contribution is 2.24. The molecule has 0 N–H and O–H groups in total. The molecule has 4 rings (SSSR count). The van der Waals surface area contributed by atoms with Gasteiger partial charge < -0.3 is 0 Å². The quantitative estimate of drug-likeness (QED) is 0.554. The Hall–Kier alpha value is -2.94. The van der Waals surface area contributed by atoms with Gasteiger partial charge in [-0.2, -0.15) is 4.80 Å². The predicted octanol–water partition coefficient (Wildman–Crippen LogP) is 4.57. The lowest BCUT2D eigenvalue weighted by molar-refractivity contribution is 0.764.